The standard InChI is InChI=1S/C18H20N4O3/c1-12-4-3-5-14(10-12)11-21-8-9-22(13(2)17(21)24)18(25)15-6-7-16(23)20-19-15/h3-7,10,13H,8-9,11H2,1-2H3,(H,20,23)/t13-/m1/s1. The van der Waals surface area contributed by atoms with Gasteiger partial charge in [0.15, 0.2) is 0 Å². The third-order valence-electron chi connectivity index (χ3n) is 4.36. The van der Waals surface area contributed by atoms with E-state index in [1.54, 1.807) is 11.8 Å². The van der Waals surface area contributed by atoms with E-state index in [2.05, 4.69) is 16.3 Å². The van der Waals surface area contributed by atoms with Gasteiger partial charge in [-0.2, -0.15) is 5.10 Å². The number of rotatable bonds is 3. The van der Waals surface area contributed by atoms with Crippen LogP contribution in [0.3, 0.4) is 0 Å². The summed E-state index contributed by atoms with van der Waals surface area (Å²) < 4.78 is 0. The highest BCUT2D eigenvalue weighted by Gasteiger charge is 2.35. The largest absolute Gasteiger partial charge is 0.335 e. The second-order valence-corrected chi connectivity index (χ2v) is 6.23. The Morgan fingerprint density at radius 2 is 2.04 bits per heavy atom. The minimum absolute atomic E-state index is 0.0921. The minimum atomic E-state index is -0.570. The maximum absolute atomic E-state index is 12.7. The molecule has 1 aliphatic rings. The number of aromatic nitrogens is 2. The molecule has 1 saturated heterocycles. The lowest BCUT2D eigenvalue weighted by Gasteiger charge is -2.39. The summed E-state index contributed by atoms with van der Waals surface area (Å²) >= 11 is 0. The zero-order valence-electron chi connectivity index (χ0n) is 14.2. The number of nitrogens with zero attached hydrogens (tertiary/aromatic N) is 3. The van der Waals surface area contributed by atoms with Crippen LogP contribution in [0.25, 0.3) is 0 Å². The highest BCUT2D eigenvalue weighted by Crippen LogP contribution is 2.17. The van der Waals surface area contributed by atoms with Crippen molar-refractivity contribution in [1.29, 1.82) is 0 Å². The fourth-order valence-corrected chi connectivity index (χ4v) is 3.01. The van der Waals surface area contributed by atoms with E-state index in [-0.39, 0.29) is 23.1 Å². The van der Waals surface area contributed by atoms with E-state index in [0.29, 0.717) is 19.6 Å². The Morgan fingerprint density at radius 1 is 1.24 bits per heavy atom. The van der Waals surface area contributed by atoms with Gasteiger partial charge in [-0.25, -0.2) is 5.10 Å². The van der Waals surface area contributed by atoms with Crippen molar-refractivity contribution < 1.29 is 9.59 Å². The maximum atomic E-state index is 12.7. The second kappa shape index (κ2) is 6.88. The maximum Gasteiger partial charge on any atom is 0.275 e. The zero-order valence-corrected chi connectivity index (χ0v) is 14.2. The highest BCUT2D eigenvalue weighted by molar-refractivity contribution is 5.96. The van der Waals surface area contributed by atoms with Crippen LogP contribution in [0.15, 0.2) is 41.2 Å². The molecule has 1 aliphatic heterocycles. The van der Waals surface area contributed by atoms with Gasteiger partial charge in [-0.05, 0) is 25.5 Å². The number of carbonyl (C=O) groups excluding carboxylic acids is 2. The van der Waals surface area contributed by atoms with Crippen molar-refractivity contribution in [3.05, 3.63) is 63.6 Å². The van der Waals surface area contributed by atoms with Crippen molar-refractivity contribution in [3.8, 4) is 0 Å². The normalized spacial score (nSPS) is 17.7. The molecule has 3 rings (SSSR count). The minimum Gasteiger partial charge on any atom is -0.335 e. The molecule has 1 atom stereocenters. The molecular weight excluding hydrogens is 320 g/mol. The first-order chi connectivity index (χ1) is 12.0. The van der Waals surface area contributed by atoms with E-state index in [1.807, 2.05) is 25.1 Å². The van der Waals surface area contributed by atoms with Gasteiger partial charge >= 0.3 is 0 Å². The van der Waals surface area contributed by atoms with Gasteiger partial charge in [0.25, 0.3) is 11.5 Å². The third kappa shape index (κ3) is 3.60. The molecule has 1 aromatic heterocycles. The van der Waals surface area contributed by atoms with Gasteiger partial charge in [0.05, 0.1) is 0 Å². The highest BCUT2D eigenvalue weighted by atomic mass is 16.2. The van der Waals surface area contributed by atoms with Crippen LogP contribution in [0.5, 0.6) is 0 Å². The van der Waals surface area contributed by atoms with Crippen LogP contribution in [-0.4, -0.2) is 50.9 Å². The first kappa shape index (κ1) is 16.9. The molecule has 1 aromatic carbocycles. The van der Waals surface area contributed by atoms with E-state index in [9.17, 15) is 14.4 Å². The average molecular weight is 340 g/mol. The van der Waals surface area contributed by atoms with Crippen LogP contribution in [0.4, 0.5) is 0 Å². The van der Waals surface area contributed by atoms with Gasteiger partial charge < -0.3 is 9.80 Å². The number of piperazine rings is 1. The Morgan fingerprint density at radius 3 is 2.72 bits per heavy atom. The van der Waals surface area contributed by atoms with Gasteiger partial charge in [-0.15, -0.1) is 0 Å². The number of hydrogen-bond donors (Lipinski definition) is 1. The first-order valence-electron chi connectivity index (χ1n) is 8.17. The van der Waals surface area contributed by atoms with Crippen molar-refractivity contribution in [2.24, 2.45) is 0 Å². The van der Waals surface area contributed by atoms with Crippen LogP contribution >= 0.6 is 0 Å². The van der Waals surface area contributed by atoms with Gasteiger partial charge in [-0.1, -0.05) is 29.8 Å². The number of aromatic amines is 1. The summed E-state index contributed by atoms with van der Waals surface area (Å²) in [7, 11) is 0. The summed E-state index contributed by atoms with van der Waals surface area (Å²) in [6.45, 7) is 5.16. The molecule has 0 saturated carbocycles. The van der Waals surface area contributed by atoms with Crippen LogP contribution < -0.4 is 5.56 Å². The molecule has 2 heterocycles. The Hall–Kier alpha value is -2.96. The lowest BCUT2D eigenvalue weighted by molar-refractivity contribution is -0.140. The molecule has 25 heavy (non-hydrogen) atoms. The Labute approximate surface area is 145 Å². The lowest BCUT2D eigenvalue weighted by Crippen LogP contribution is -2.57. The molecule has 7 nitrogen and oxygen atoms in total. The average Bonchev–Trinajstić information content (AvgIpc) is 2.59. The molecular formula is C18H20N4O3. The molecule has 2 aromatic rings. The summed E-state index contributed by atoms with van der Waals surface area (Å²) in [6.07, 6.45) is 0. The molecule has 0 radical (unpaired) electrons. The topological polar surface area (TPSA) is 86.4 Å². The number of carbonyl (C=O) groups is 2. The fourth-order valence-electron chi connectivity index (χ4n) is 3.01. The summed E-state index contributed by atoms with van der Waals surface area (Å²) in [6, 6.07) is 10.1. The van der Waals surface area contributed by atoms with E-state index in [4.69, 9.17) is 0 Å². The van der Waals surface area contributed by atoms with Crippen molar-refractivity contribution in [3.63, 3.8) is 0 Å². The number of hydrogen-bond acceptors (Lipinski definition) is 4. The van der Waals surface area contributed by atoms with Gasteiger partial charge in [0.2, 0.25) is 5.91 Å². The second-order valence-electron chi connectivity index (χ2n) is 6.23. The smallest absolute Gasteiger partial charge is 0.275 e. The number of amides is 2. The monoisotopic (exact) mass is 340 g/mol. The molecule has 0 aliphatic carbocycles. The summed E-state index contributed by atoms with van der Waals surface area (Å²) in [5.41, 5.74) is 1.98. The molecule has 0 unspecified atom stereocenters. The Bertz CT molecular complexity index is 841. The lowest BCUT2D eigenvalue weighted by atomic mass is 10.1. The van der Waals surface area contributed by atoms with Crippen molar-refractivity contribution in [2.75, 3.05) is 13.1 Å². The van der Waals surface area contributed by atoms with Gasteiger partial charge in [0, 0.05) is 25.7 Å². The van der Waals surface area contributed by atoms with Crippen LogP contribution in [0.1, 0.15) is 28.5 Å². The van der Waals surface area contributed by atoms with Gasteiger partial charge in [0.1, 0.15) is 11.7 Å². The molecule has 7 heteroatoms. The molecule has 1 fully saturated rings. The van der Waals surface area contributed by atoms with E-state index < -0.39 is 6.04 Å². The summed E-state index contributed by atoms with van der Waals surface area (Å²) in [4.78, 5) is 39.6. The quantitative estimate of drug-likeness (QED) is 0.901. The number of aryl methyl sites for hydroxylation is 1. The predicted molar refractivity (Wildman–Crippen MR) is 92.0 cm³/mol. The van der Waals surface area contributed by atoms with Gasteiger partial charge in [-0.3, -0.25) is 14.4 Å². The Kier molecular flexibility index (Phi) is 4.65. The zero-order chi connectivity index (χ0) is 18.0. The molecule has 0 bridgehead atoms. The van der Waals surface area contributed by atoms with Crippen molar-refractivity contribution in [2.45, 2.75) is 26.4 Å². The number of benzene rings is 1. The van der Waals surface area contributed by atoms with Crippen molar-refractivity contribution in [1.82, 2.24) is 20.0 Å². The fraction of sp³-hybridized carbons (Fsp3) is 0.333. The summed E-state index contributed by atoms with van der Waals surface area (Å²) in [5.74, 6) is -0.446. The Balaban J connectivity index is 1.71. The van der Waals surface area contributed by atoms with Crippen molar-refractivity contribution >= 4 is 11.8 Å². The van der Waals surface area contributed by atoms with Crippen LogP contribution in [0, 0.1) is 6.92 Å². The predicted octanol–water partition coefficient (Wildman–Crippen LogP) is 0.951. The molecule has 130 valence electrons. The molecule has 1 N–H and O–H groups in total. The number of H-pyrrole nitrogens is 1. The van der Waals surface area contributed by atoms with E-state index in [1.165, 1.54) is 17.0 Å². The molecule has 2 amide bonds. The third-order valence-corrected chi connectivity index (χ3v) is 4.36. The summed E-state index contributed by atoms with van der Waals surface area (Å²) in [5, 5.41) is 6.00. The number of nitrogens with one attached hydrogen (secondary N) is 1. The van der Waals surface area contributed by atoms with Crippen LogP contribution in [0.2, 0.25) is 0 Å². The van der Waals surface area contributed by atoms with E-state index in [0.717, 1.165) is 11.1 Å². The van der Waals surface area contributed by atoms with Crippen LogP contribution in [-0.2, 0) is 11.3 Å². The SMILES string of the molecule is Cc1cccc(CN2CCN(C(=O)c3ccc(=O)[nH]n3)[C@H](C)C2=O)c1. The first-order valence-corrected chi connectivity index (χ1v) is 8.17. The van der Waals surface area contributed by atoms with E-state index >= 15 is 0 Å². The molecule has 0 spiro atoms.